The lowest BCUT2D eigenvalue weighted by atomic mass is 10.1. The molecule has 9 heteroatoms. The van der Waals surface area contributed by atoms with Gasteiger partial charge in [0.25, 0.3) is 0 Å². The van der Waals surface area contributed by atoms with Gasteiger partial charge in [-0.05, 0) is 44.2 Å². The molecular weight excluding hydrogens is 495 g/mol. The number of ether oxygens (including phenoxy) is 2. The predicted octanol–water partition coefficient (Wildman–Crippen LogP) is 2.72. The molecule has 0 aliphatic heterocycles. The van der Waals surface area contributed by atoms with E-state index >= 15 is 0 Å². The van der Waals surface area contributed by atoms with Crippen molar-refractivity contribution in [3.63, 3.8) is 0 Å². The van der Waals surface area contributed by atoms with Gasteiger partial charge >= 0.3 is 0 Å². The van der Waals surface area contributed by atoms with Crippen molar-refractivity contribution in [3.8, 4) is 5.75 Å². The van der Waals surface area contributed by atoms with Crippen LogP contribution in [0.15, 0.2) is 23.2 Å². The highest BCUT2D eigenvalue weighted by Gasteiger charge is 2.22. The van der Waals surface area contributed by atoms with Gasteiger partial charge in [-0.25, -0.2) is 4.99 Å². The monoisotopic (exact) mass is 528 g/mol. The molecule has 1 aromatic carbocycles. The van der Waals surface area contributed by atoms with Crippen molar-refractivity contribution in [1.29, 1.82) is 0 Å². The van der Waals surface area contributed by atoms with Crippen LogP contribution in [0, 0.1) is 19.8 Å². The zero-order valence-corrected chi connectivity index (χ0v) is 20.6. The van der Waals surface area contributed by atoms with Crippen molar-refractivity contribution >= 4 is 29.9 Å². The molecule has 30 heavy (non-hydrogen) atoms. The zero-order chi connectivity index (χ0) is 20.6. The van der Waals surface area contributed by atoms with Gasteiger partial charge in [-0.15, -0.1) is 34.2 Å². The summed E-state index contributed by atoms with van der Waals surface area (Å²) in [6.45, 7) is 7.14. The second kappa shape index (κ2) is 12.1. The summed E-state index contributed by atoms with van der Waals surface area (Å²) in [5.74, 6) is 4.09. The Kier molecular flexibility index (Phi) is 9.83. The van der Waals surface area contributed by atoms with Gasteiger partial charge in [0.2, 0.25) is 0 Å². The fraction of sp³-hybridized carbons (Fsp3) is 0.571. The summed E-state index contributed by atoms with van der Waals surface area (Å²) in [4.78, 5) is 4.75. The molecule has 0 radical (unpaired) electrons. The third kappa shape index (κ3) is 7.42. The van der Waals surface area contributed by atoms with Gasteiger partial charge in [-0.1, -0.05) is 12.1 Å². The fourth-order valence-corrected chi connectivity index (χ4v) is 2.80. The third-order valence-electron chi connectivity index (χ3n) is 5.00. The molecule has 0 bridgehead atoms. The van der Waals surface area contributed by atoms with Crippen LogP contribution in [0.4, 0.5) is 0 Å². The Bertz CT molecular complexity index is 835. The minimum absolute atomic E-state index is 0. The fourth-order valence-electron chi connectivity index (χ4n) is 2.80. The van der Waals surface area contributed by atoms with E-state index in [0.29, 0.717) is 32.2 Å². The van der Waals surface area contributed by atoms with E-state index in [1.807, 2.05) is 18.5 Å². The number of benzene rings is 1. The third-order valence-corrected chi connectivity index (χ3v) is 5.00. The lowest BCUT2D eigenvalue weighted by molar-refractivity contribution is 0.203. The van der Waals surface area contributed by atoms with Crippen LogP contribution in [0.5, 0.6) is 5.75 Å². The van der Waals surface area contributed by atoms with Gasteiger partial charge in [-0.2, -0.15) is 0 Å². The predicted molar refractivity (Wildman–Crippen MR) is 128 cm³/mol. The Hall–Kier alpha value is -1.88. The van der Waals surface area contributed by atoms with Crippen molar-refractivity contribution in [2.45, 2.75) is 39.8 Å². The van der Waals surface area contributed by atoms with Crippen LogP contribution < -0.4 is 15.4 Å². The van der Waals surface area contributed by atoms with Crippen molar-refractivity contribution in [2.75, 3.05) is 26.9 Å². The molecule has 3 rings (SSSR count). The largest absolute Gasteiger partial charge is 0.493 e. The smallest absolute Gasteiger partial charge is 0.192 e. The molecule has 1 aromatic heterocycles. The molecule has 0 amide bonds. The average Bonchev–Trinajstić information content (AvgIpc) is 3.49. The number of aryl methyl sites for hydroxylation is 2. The molecule has 0 unspecified atom stereocenters. The molecule has 2 N–H and O–H groups in total. The molecule has 1 fully saturated rings. The summed E-state index contributed by atoms with van der Waals surface area (Å²) in [7, 11) is 3.64. The maximum Gasteiger partial charge on any atom is 0.192 e. The number of aromatic nitrogens is 3. The van der Waals surface area contributed by atoms with E-state index in [-0.39, 0.29) is 24.0 Å². The number of hydrogen-bond acceptors (Lipinski definition) is 5. The van der Waals surface area contributed by atoms with Gasteiger partial charge in [0.05, 0.1) is 26.3 Å². The standard InChI is InChI=1S/C21H32N6O2.HI/c1-15-5-8-18(19(11-15)29-14-17-6-7-17)12-23-21(22-9-10-28-4)24-13-20-26-25-16(2)27(20)3;/h5,8,11,17H,6-7,9-10,12-14H2,1-4H3,(H2,22,23,24);1H. The zero-order valence-electron chi connectivity index (χ0n) is 18.3. The average molecular weight is 528 g/mol. The van der Waals surface area contributed by atoms with Crippen LogP contribution in [0.3, 0.4) is 0 Å². The topological polar surface area (TPSA) is 85.6 Å². The number of guanidine groups is 1. The highest BCUT2D eigenvalue weighted by atomic mass is 127. The van der Waals surface area contributed by atoms with Crippen LogP contribution in [-0.2, 0) is 24.9 Å². The summed E-state index contributed by atoms with van der Waals surface area (Å²) in [6, 6.07) is 6.30. The Morgan fingerprint density at radius 3 is 2.70 bits per heavy atom. The normalized spacial score (nSPS) is 13.7. The van der Waals surface area contributed by atoms with Gasteiger partial charge in [0.1, 0.15) is 11.6 Å². The first-order chi connectivity index (χ1) is 14.1. The Balaban J connectivity index is 0.00000320. The molecule has 166 valence electrons. The van der Waals surface area contributed by atoms with Crippen molar-refractivity contribution < 1.29 is 9.47 Å². The van der Waals surface area contributed by atoms with E-state index in [1.165, 1.54) is 18.4 Å². The Labute approximate surface area is 195 Å². The summed E-state index contributed by atoms with van der Waals surface area (Å²) in [6.07, 6.45) is 2.55. The SMILES string of the molecule is COCCNC(=NCc1ccc(C)cc1OCC1CC1)NCc1nnc(C)n1C.I. The van der Waals surface area contributed by atoms with Crippen molar-refractivity contribution in [2.24, 2.45) is 18.0 Å². The van der Waals surface area contributed by atoms with Gasteiger partial charge in [0, 0.05) is 26.3 Å². The molecule has 8 nitrogen and oxygen atoms in total. The van der Waals surface area contributed by atoms with Gasteiger partial charge < -0.3 is 24.7 Å². The summed E-state index contributed by atoms with van der Waals surface area (Å²) < 4.78 is 13.2. The molecule has 0 saturated heterocycles. The maximum atomic E-state index is 6.07. The van der Waals surface area contributed by atoms with Gasteiger partial charge in [-0.3, -0.25) is 0 Å². The molecule has 1 saturated carbocycles. The van der Waals surface area contributed by atoms with Crippen LogP contribution in [0.2, 0.25) is 0 Å². The molecular formula is C21H33IN6O2. The number of rotatable bonds is 10. The second-order valence-electron chi connectivity index (χ2n) is 7.53. The van der Waals surface area contributed by atoms with Crippen LogP contribution >= 0.6 is 24.0 Å². The highest BCUT2D eigenvalue weighted by Crippen LogP contribution is 2.30. The highest BCUT2D eigenvalue weighted by molar-refractivity contribution is 14.0. The number of hydrogen-bond donors (Lipinski definition) is 2. The lowest BCUT2D eigenvalue weighted by Crippen LogP contribution is -2.39. The van der Waals surface area contributed by atoms with Crippen molar-refractivity contribution in [3.05, 3.63) is 41.0 Å². The lowest BCUT2D eigenvalue weighted by Gasteiger charge is -2.14. The number of nitrogens with one attached hydrogen (secondary N) is 2. The molecule has 2 aromatic rings. The Morgan fingerprint density at radius 2 is 2.03 bits per heavy atom. The van der Waals surface area contributed by atoms with E-state index in [9.17, 15) is 0 Å². The first kappa shape index (κ1) is 24.4. The van der Waals surface area contributed by atoms with E-state index in [1.54, 1.807) is 7.11 Å². The molecule has 1 aliphatic carbocycles. The summed E-state index contributed by atoms with van der Waals surface area (Å²) >= 11 is 0. The van der Waals surface area contributed by atoms with E-state index in [2.05, 4.69) is 46.0 Å². The van der Waals surface area contributed by atoms with Crippen LogP contribution in [0.1, 0.15) is 35.6 Å². The van der Waals surface area contributed by atoms with Crippen LogP contribution in [-0.4, -0.2) is 47.6 Å². The minimum Gasteiger partial charge on any atom is -0.493 e. The molecule has 0 atom stereocenters. The first-order valence-electron chi connectivity index (χ1n) is 10.1. The molecule has 1 aliphatic rings. The van der Waals surface area contributed by atoms with Gasteiger partial charge in [0.15, 0.2) is 11.8 Å². The number of aliphatic imine (C=N–C) groups is 1. The number of halogens is 1. The summed E-state index contributed by atoms with van der Waals surface area (Å²) in [5, 5.41) is 14.9. The maximum absolute atomic E-state index is 6.07. The van der Waals surface area contributed by atoms with E-state index in [4.69, 9.17) is 14.5 Å². The molecule has 1 heterocycles. The second-order valence-corrected chi connectivity index (χ2v) is 7.53. The number of nitrogens with zero attached hydrogens (tertiary/aromatic N) is 4. The molecule has 0 spiro atoms. The van der Waals surface area contributed by atoms with E-state index < -0.39 is 0 Å². The minimum atomic E-state index is 0. The van der Waals surface area contributed by atoms with Crippen LogP contribution in [0.25, 0.3) is 0 Å². The van der Waals surface area contributed by atoms with E-state index in [0.717, 1.165) is 35.5 Å². The van der Waals surface area contributed by atoms with Crippen molar-refractivity contribution in [1.82, 2.24) is 25.4 Å². The quantitative estimate of drug-likeness (QED) is 0.214. The Morgan fingerprint density at radius 1 is 1.23 bits per heavy atom. The first-order valence-corrected chi connectivity index (χ1v) is 10.1. The number of methoxy groups -OCH3 is 1. The summed E-state index contributed by atoms with van der Waals surface area (Å²) in [5.41, 5.74) is 2.27.